The van der Waals surface area contributed by atoms with Gasteiger partial charge in [-0.05, 0) is 28.3 Å². The van der Waals surface area contributed by atoms with E-state index >= 15 is 0 Å². The summed E-state index contributed by atoms with van der Waals surface area (Å²) >= 11 is 9.59. The zero-order valence-corrected chi connectivity index (χ0v) is 12.8. The van der Waals surface area contributed by atoms with Gasteiger partial charge >= 0.3 is 0 Å². The summed E-state index contributed by atoms with van der Waals surface area (Å²) in [5, 5.41) is 0.442. The smallest absolute Gasteiger partial charge is 0.179 e. The van der Waals surface area contributed by atoms with E-state index in [-0.39, 0.29) is 0 Å². The van der Waals surface area contributed by atoms with E-state index in [2.05, 4.69) is 44.7 Å². The molecule has 0 saturated carbocycles. The van der Waals surface area contributed by atoms with Crippen molar-refractivity contribution < 1.29 is 0 Å². The molecule has 0 radical (unpaired) electrons. The summed E-state index contributed by atoms with van der Waals surface area (Å²) in [6, 6.07) is 0. The highest BCUT2D eigenvalue weighted by Crippen LogP contribution is 2.28. The van der Waals surface area contributed by atoms with Crippen molar-refractivity contribution in [3.63, 3.8) is 0 Å². The summed E-state index contributed by atoms with van der Waals surface area (Å²) in [4.78, 5) is 12.9. The van der Waals surface area contributed by atoms with E-state index in [1.165, 1.54) is 0 Å². The number of aromatic nitrogens is 4. The molecule has 0 fully saturated rings. The Hall–Kier alpha value is -0.940. The van der Waals surface area contributed by atoms with Crippen LogP contribution in [0.5, 0.6) is 0 Å². The van der Waals surface area contributed by atoms with Crippen molar-refractivity contribution in [3.8, 4) is 11.5 Å². The van der Waals surface area contributed by atoms with Crippen molar-refractivity contribution in [3.05, 3.63) is 27.8 Å². The summed E-state index contributed by atoms with van der Waals surface area (Å²) in [6.07, 6.45) is 4.31. The molecule has 2 aromatic rings. The van der Waals surface area contributed by atoms with Gasteiger partial charge in [-0.25, -0.2) is 15.0 Å². The first kappa shape index (κ1) is 13.5. The predicted octanol–water partition coefficient (Wildman–Crippen LogP) is 3.49. The largest absolute Gasteiger partial charge is 0.331 e. The molecule has 18 heavy (non-hydrogen) atoms. The van der Waals surface area contributed by atoms with Gasteiger partial charge in [0.15, 0.2) is 5.82 Å². The SMILES string of the molecule is CC(C)Cc1nc(-c2cncn2C)nc(Cl)c1Br. The maximum atomic E-state index is 6.14. The number of hydrogen-bond acceptors (Lipinski definition) is 3. The highest BCUT2D eigenvalue weighted by Gasteiger charge is 2.14. The first-order valence-electron chi connectivity index (χ1n) is 5.67. The van der Waals surface area contributed by atoms with Gasteiger partial charge < -0.3 is 4.57 Å². The summed E-state index contributed by atoms with van der Waals surface area (Å²) < 4.78 is 2.66. The van der Waals surface area contributed by atoms with Crippen LogP contribution in [0.3, 0.4) is 0 Å². The third-order valence-corrected chi connectivity index (χ3v) is 3.86. The lowest BCUT2D eigenvalue weighted by Gasteiger charge is -2.10. The molecule has 0 saturated heterocycles. The van der Waals surface area contributed by atoms with E-state index in [1.807, 2.05) is 11.6 Å². The third-order valence-electron chi connectivity index (χ3n) is 2.53. The van der Waals surface area contributed by atoms with Gasteiger partial charge in [-0.3, -0.25) is 0 Å². The quantitative estimate of drug-likeness (QED) is 0.810. The molecule has 6 heteroatoms. The summed E-state index contributed by atoms with van der Waals surface area (Å²) in [5.74, 6) is 1.12. The molecule has 0 spiro atoms. The van der Waals surface area contributed by atoms with Crippen LogP contribution in [0, 0.1) is 5.92 Å². The molecule has 0 atom stereocenters. The van der Waals surface area contributed by atoms with Crippen molar-refractivity contribution >= 4 is 27.5 Å². The third kappa shape index (κ3) is 2.72. The number of rotatable bonds is 3. The Kier molecular flexibility index (Phi) is 4.02. The van der Waals surface area contributed by atoms with Crippen LogP contribution in [0.4, 0.5) is 0 Å². The van der Waals surface area contributed by atoms with E-state index in [4.69, 9.17) is 11.6 Å². The average Bonchev–Trinajstić information content (AvgIpc) is 2.70. The average molecular weight is 330 g/mol. The zero-order chi connectivity index (χ0) is 13.3. The van der Waals surface area contributed by atoms with Crippen molar-refractivity contribution in [2.45, 2.75) is 20.3 Å². The summed E-state index contributed by atoms with van der Waals surface area (Å²) in [7, 11) is 1.91. The highest BCUT2D eigenvalue weighted by atomic mass is 79.9. The maximum absolute atomic E-state index is 6.14. The molecular weight excluding hydrogens is 316 g/mol. The van der Waals surface area contributed by atoms with Gasteiger partial charge in [-0.1, -0.05) is 25.4 Å². The Bertz CT molecular complexity index is 565. The fourth-order valence-corrected chi connectivity index (χ4v) is 2.20. The number of imidazole rings is 1. The van der Waals surface area contributed by atoms with E-state index < -0.39 is 0 Å². The second-order valence-corrected chi connectivity index (χ2v) is 5.74. The van der Waals surface area contributed by atoms with Gasteiger partial charge in [-0.15, -0.1) is 0 Å². The summed E-state index contributed by atoms with van der Waals surface area (Å²) in [5.41, 5.74) is 1.79. The summed E-state index contributed by atoms with van der Waals surface area (Å²) in [6.45, 7) is 4.29. The van der Waals surface area contributed by atoms with Gasteiger partial charge in [0.05, 0.1) is 22.7 Å². The van der Waals surface area contributed by atoms with E-state index in [1.54, 1.807) is 12.5 Å². The number of aryl methyl sites for hydroxylation is 1. The molecule has 0 aliphatic rings. The lowest BCUT2D eigenvalue weighted by atomic mass is 10.1. The van der Waals surface area contributed by atoms with Crippen LogP contribution in [0.2, 0.25) is 5.15 Å². The Morgan fingerprint density at radius 2 is 2.11 bits per heavy atom. The van der Waals surface area contributed by atoms with Crippen molar-refractivity contribution in [2.75, 3.05) is 0 Å². The first-order valence-corrected chi connectivity index (χ1v) is 6.84. The topological polar surface area (TPSA) is 43.6 Å². The first-order chi connectivity index (χ1) is 8.49. The molecular formula is C12H14BrClN4. The van der Waals surface area contributed by atoms with Crippen LogP contribution >= 0.6 is 27.5 Å². The second kappa shape index (κ2) is 5.36. The van der Waals surface area contributed by atoms with Crippen LogP contribution in [0.25, 0.3) is 11.5 Å². The predicted molar refractivity (Wildman–Crippen MR) is 75.5 cm³/mol. The monoisotopic (exact) mass is 328 g/mol. The fourth-order valence-electron chi connectivity index (χ4n) is 1.67. The van der Waals surface area contributed by atoms with Crippen LogP contribution < -0.4 is 0 Å². The molecule has 4 nitrogen and oxygen atoms in total. The van der Waals surface area contributed by atoms with E-state index in [0.717, 1.165) is 22.3 Å². The molecule has 2 aromatic heterocycles. The van der Waals surface area contributed by atoms with Gasteiger partial charge in [0.1, 0.15) is 10.8 Å². The molecule has 0 bridgehead atoms. The Morgan fingerprint density at radius 3 is 2.67 bits per heavy atom. The van der Waals surface area contributed by atoms with Gasteiger partial charge in [-0.2, -0.15) is 0 Å². The van der Waals surface area contributed by atoms with Crippen molar-refractivity contribution in [2.24, 2.45) is 13.0 Å². The highest BCUT2D eigenvalue weighted by molar-refractivity contribution is 9.10. The van der Waals surface area contributed by atoms with Gasteiger partial charge in [0.2, 0.25) is 0 Å². The molecule has 0 amide bonds. The van der Waals surface area contributed by atoms with Gasteiger partial charge in [0.25, 0.3) is 0 Å². The lowest BCUT2D eigenvalue weighted by molar-refractivity contribution is 0.632. The van der Waals surface area contributed by atoms with E-state index in [9.17, 15) is 0 Å². The van der Waals surface area contributed by atoms with Crippen molar-refractivity contribution in [1.82, 2.24) is 19.5 Å². The molecule has 2 rings (SSSR count). The van der Waals surface area contributed by atoms with Gasteiger partial charge in [0, 0.05) is 7.05 Å². The molecule has 96 valence electrons. The second-order valence-electron chi connectivity index (χ2n) is 4.59. The maximum Gasteiger partial charge on any atom is 0.179 e. The Balaban J connectivity index is 2.51. The normalized spacial score (nSPS) is 11.2. The van der Waals surface area contributed by atoms with Crippen LogP contribution in [-0.4, -0.2) is 19.5 Å². The standard InChI is InChI=1S/C12H14BrClN4/c1-7(2)4-8-10(13)11(14)17-12(16-8)9-5-15-6-18(9)3/h5-7H,4H2,1-3H3. The Labute approximate surface area is 120 Å². The fraction of sp³-hybridized carbons (Fsp3) is 0.417. The minimum atomic E-state index is 0.442. The van der Waals surface area contributed by atoms with Crippen LogP contribution in [-0.2, 0) is 13.5 Å². The minimum absolute atomic E-state index is 0.442. The molecule has 0 aliphatic carbocycles. The molecule has 2 heterocycles. The minimum Gasteiger partial charge on any atom is -0.331 e. The molecule has 0 unspecified atom stereocenters. The van der Waals surface area contributed by atoms with Crippen molar-refractivity contribution in [1.29, 1.82) is 0 Å². The Morgan fingerprint density at radius 1 is 1.39 bits per heavy atom. The number of nitrogens with zero attached hydrogens (tertiary/aromatic N) is 4. The number of hydrogen-bond donors (Lipinski definition) is 0. The molecule has 0 aromatic carbocycles. The number of halogens is 2. The molecule has 0 N–H and O–H groups in total. The van der Waals surface area contributed by atoms with Crippen LogP contribution in [0.15, 0.2) is 17.0 Å². The zero-order valence-electron chi connectivity index (χ0n) is 10.5. The van der Waals surface area contributed by atoms with Crippen LogP contribution in [0.1, 0.15) is 19.5 Å². The lowest BCUT2D eigenvalue weighted by Crippen LogP contribution is -2.04. The molecule has 0 aliphatic heterocycles. The van der Waals surface area contributed by atoms with E-state index in [0.29, 0.717) is 16.9 Å².